The molecule has 1 aliphatic rings. The maximum Gasteiger partial charge on any atom is 0.277 e. The molecule has 2 aromatic rings. The highest BCUT2D eigenvalue weighted by atomic mass is 16.5. The highest BCUT2D eigenvalue weighted by molar-refractivity contribution is 6.02. The lowest BCUT2D eigenvalue weighted by Gasteiger charge is -2.16. The van der Waals surface area contributed by atoms with E-state index in [1.54, 1.807) is 18.2 Å². The number of nitrogens with zero attached hydrogens (tertiary/aromatic N) is 5. The lowest BCUT2D eigenvalue weighted by molar-refractivity contribution is 0.102. The van der Waals surface area contributed by atoms with E-state index < -0.39 is 0 Å². The summed E-state index contributed by atoms with van der Waals surface area (Å²) in [5, 5.41) is 10.3. The Morgan fingerprint density at radius 1 is 1.23 bits per heavy atom. The number of hydrogen-bond acceptors (Lipinski definition) is 7. The van der Waals surface area contributed by atoms with Gasteiger partial charge >= 0.3 is 0 Å². The molecule has 1 aliphatic heterocycles. The number of hydrogen-bond donors (Lipinski definition) is 1. The Bertz CT molecular complexity index is 655. The number of nitrogens with one attached hydrogen (secondary N) is 1. The van der Waals surface area contributed by atoms with Gasteiger partial charge in [0.1, 0.15) is 18.0 Å². The first-order valence-electron chi connectivity index (χ1n) is 7.02. The first-order valence-corrected chi connectivity index (χ1v) is 7.02. The maximum absolute atomic E-state index is 12.1. The summed E-state index contributed by atoms with van der Waals surface area (Å²) in [6, 6.07) is 4.89. The number of carbonyl (C=O) groups is 1. The van der Waals surface area contributed by atoms with Gasteiger partial charge in [0.25, 0.3) is 5.91 Å². The Labute approximate surface area is 127 Å². The number of anilines is 2. The third-order valence-electron chi connectivity index (χ3n) is 3.41. The van der Waals surface area contributed by atoms with Crippen molar-refractivity contribution in [3.63, 3.8) is 0 Å². The second-order valence-corrected chi connectivity index (χ2v) is 4.87. The number of methoxy groups -OCH3 is 1. The van der Waals surface area contributed by atoms with Crippen molar-refractivity contribution in [1.29, 1.82) is 0 Å². The Morgan fingerprint density at radius 3 is 2.73 bits per heavy atom. The molecule has 0 bridgehead atoms. The average Bonchev–Trinajstić information content (AvgIpc) is 3.10. The van der Waals surface area contributed by atoms with E-state index in [4.69, 9.17) is 4.74 Å². The van der Waals surface area contributed by atoms with Gasteiger partial charge in [0.2, 0.25) is 5.88 Å². The van der Waals surface area contributed by atoms with Crippen LogP contribution < -0.4 is 15.0 Å². The lowest BCUT2D eigenvalue weighted by Crippen LogP contribution is -2.20. The number of aromatic nitrogens is 4. The second-order valence-electron chi connectivity index (χ2n) is 4.87. The number of ether oxygens (including phenoxy) is 1. The Kier molecular flexibility index (Phi) is 4.08. The Balaban J connectivity index is 1.71. The molecule has 0 spiro atoms. The zero-order valence-electron chi connectivity index (χ0n) is 12.2. The van der Waals surface area contributed by atoms with Crippen molar-refractivity contribution in [2.45, 2.75) is 12.8 Å². The van der Waals surface area contributed by atoms with Gasteiger partial charge < -0.3 is 15.0 Å². The van der Waals surface area contributed by atoms with Crippen LogP contribution in [0.3, 0.4) is 0 Å². The smallest absolute Gasteiger partial charge is 0.277 e. The number of amides is 1. The van der Waals surface area contributed by atoms with E-state index in [2.05, 4.69) is 30.4 Å². The van der Waals surface area contributed by atoms with Crippen LogP contribution in [0.25, 0.3) is 0 Å². The third kappa shape index (κ3) is 3.11. The highest BCUT2D eigenvalue weighted by Crippen LogP contribution is 2.19. The largest absolute Gasteiger partial charge is 0.480 e. The van der Waals surface area contributed by atoms with Crippen LogP contribution in [0.5, 0.6) is 5.88 Å². The van der Waals surface area contributed by atoms with Crippen LogP contribution in [0.15, 0.2) is 24.5 Å². The monoisotopic (exact) mass is 300 g/mol. The molecule has 0 aliphatic carbocycles. The first kappa shape index (κ1) is 14.2. The molecule has 0 aromatic carbocycles. The SMILES string of the molecule is COc1ccc(C(=O)Nc2cc(N3CCCC3)ncn2)nn1. The zero-order valence-corrected chi connectivity index (χ0v) is 12.2. The quantitative estimate of drug-likeness (QED) is 0.904. The Morgan fingerprint density at radius 2 is 2.05 bits per heavy atom. The molecule has 114 valence electrons. The van der Waals surface area contributed by atoms with E-state index in [1.807, 2.05) is 0 Å². The summed E-state index contributed by atoms with van der Waals surface area (Å²) in [7, 11) is 1.49. The van der Waals surface area contributed by atoms with Crippen molar-refractivity contribution in [3.8, 4) is 5.88 Å². The van der Waals surface area contributed by atoms with E-state index >= 15 is 0 Å². The minimum Gasteiger partial charge on any atom is -0.480 e. The van der Waals surface area contributed by atoms with Crippen LogP contribution in [0.4, 0.5) is 11.6 Å². The summed E-state index contributed by atoms with van der Waals surface area (Å²) in [6.45, 7) is 1.96. The lowest BCUT2D eigenvalue weighted by atomic mass is 10.3. The minimum atomic E-state index is -0.374. The van der Waals surface area contributed by atoms with Crippen LogP contribution in [-0.4, -0.2) is 46.3 Å². The first-order chi connectivity index (χ1) is 10.8. The summed E-state index contributed by atoms with van der Waals surface area (Å²) in [5.74, 6) is 1.25. The molecule has 0 radical (unpaired) electrons. The van der Waals surface area contributed by atoms with Gasteiger partial charge in [-0.1, -0.05) is 0 Å². The molecule has 22 heavy (non-hydrogen) atoms. The molecule has 0 atom stereocenters. The Hall–Kier alpha value is -2.77. The topological polar surface area (TPSA) is 93.1 Å². The summed E-state index contributed by atoms with van der Waals surface area (Å²) < 4.78 is 4.91. The summed E-state index contributed by atoms with van der Waals surface area (Å²) in [6.07, 6.45) is 3.77. The van der Waals surface area contributed by atoms with E-state index in [0.717, 1.165) is 31.7 Å². The molecule has 2 aromatic heterocycles. The van der Waals surface area contributed by atoms with Crippen LogP contribution in [0.1, 0.15) is 23.3 Å². The van der Waals surface area contributed by atoms with E-state index in [0.29, 0.717) is 11.7 Å². The highest BCUT2D eigenvalue weighted by Gasteiger charge is 2.15. The molecule has 8 nitrogen and oxygen atoms in total. The van der Waals surface area contributed by atoms with Gasteiger partial charge in [0.15, 0.2) is 5.69 Å². The molecule has 1 N–H and O–H groups in total. The zero-order chi connectivity index (χ0) is 15.4. The van der Waals surface area contributed by atoms with Crippen molar-refractivity contribution in [3.05, 3.63) is 30.2 Å². The van der Waals surface area contributed by atoms with E-state index in [-0.39, 0.29) is 11.6 Å². The summed E-state index contributed by atoms with van der Waals surface area (Å²) >= 11 is 0. The molecule has 8 heteroatoms. The molecule has 1 fully saturated rings. The van der Waals surface area contributed by atoms with Gasteiger partial charge in [-0.15, -0.1) is 10.2 Å². The van der Waals surface area contributed by atoms with Gasteiger partial charge in [-0.05, 0) is 18.9 Å². The van der Waals surface area contributed by atoms with Gasteiger partial charge in [0.05, 0.1) is 7.11 Å². The van der Waals surface area contributed by atoms with Gasteiger partial charge in [0, 0.05) is 25.2 Å². The minimum absolute atomic E-state index is 0.196. The van der Waals surface area contributed by atoms with Crippen LogP contribution >= 0.6 is 0 Å². The molecule has 3 rings (SSSR count). The van der Waals surface area contributed by atoms with Gasteiger partial charge in [-0.2, -0.15) is 0 Å². The van der Waals surface area contributed by atoms with Crippen LogP contribution in [0, 0.1) is 0 Å². The molecule has 3 heterocycles. The second kappa shape index (κ2) is 6.33. The van der Waals surface area contributed by atoms with E-state index in [9.17, 15) is 4.79 Å². The summed E-state index contributed by atoms with van der Waals surface area (Å²) in [5.41, 5.74) is 0.196. The van der Waals surface area contributed by atoms with Crippen molar-refractivity contribution >= 4 is 17.5 Å². The summed E-state index contributed by atoms with van der Waals surface area (Å²) in [4.78, 5) is 22.6. The van der Waals surface area contributed by atoms with Crippen LogP contribution in [0.2, 0.25) is 0 Å². The fourth-order valence-electron chi connectivity index (χ4n) is 2.26. The molecule has 1 saturated heterocycles. The van der Waals surface area contributed by atoms with Crippen molar-refractivity contribution in [2.24, 2.45) is 0 Å². The maximum atomic E-state index is 12.1. The van der Waals surface area contributed by atoms with Gasteiger partial charge in [-0.25, -0.2) is 9.97 Å². The average molecular weight is 300 g/mol. The van der Waals surface area contributed by atoms with E-state index in [1.165, 1.54) is 13.4 Å². The predicted molar refractivity (Wildman–Crippen MR) is 80.0 cm³/mol. The van der Waals surface area contributed by atoms with Crippen molar-refractivity contribution in [2.75, 3.05) is 30.4 Å². The number of carbonyl (C=O) groups excluding carboxylic acids is 1. The fourth-order valence-corrected chi connectivity index (χ4v) is 2.26. The van der Waals surface area contributed by atoms with Crippen molar-refractivity contribution < 1.29 is 9.53 Å². The molecule has 0 saturated carbocycles. The molecular formula is C14H16N6O2. The van der Waals surface area contributed by atoms with Crippen LogP contribution in [-0.2, 0) is 0 Å². The molecule has 0 unspecified atom stereocenters. The van der Waals surface area contributed by atoms with Crippen molar-refractivity contribution in [1.82, 2.24) is 20.2 Å². The standard InChI is InChI=1S/C14H16N6O2/c1-22-13-5-4-10(18-19-13)14(21)17-11-8-12(16-9-15-11)20-6-2-3-7-20/h4-5,8-9H,2-3,6-7H2,1H3,(H,15,16,17,21). The number of rotatable bonds is 4. The molecule has 1 amide bonds. The molecular weight excluding hydrogens is 284 g/mol. The third-order valence-corrected chi connectivity index (χ3v) is 3.41. The predicted octanol–water partition coefficient (Wildman–Crippen LogP) is 1.13. The normalized spacial score (nSPS) is 14.0. The van der Waals surface area contributed by atoms with Gasteiger partial charge in [-0.3, -0.25) is 4.79 Å². The fraction of sp³-hybridized carbons (Fsp3) is 0.357.